The number of amides is 1. The van der Waals surface area contributed by atoms with E-state index in [1.54, 1.807) is 29.4 Å². The molecule has 30 heavy (non-hydrogen) atoms. The van der Waals surface area contributed by atoms with Crippen molar-refractivity contribution in [3.05, 3.63) is 66.5 Å². The number of carbonyl (C=O) groups is 1. The Morgan fingerprint density at radius 2 is 1.93 bits per heavy atom. The first-order valence-electron chi connectivity index (χ1n) is 9.79. The van der Waals surface area contributed by atoms with Gasteiger partial charge in [-0.15, -0.1) is 0 Å². The number of rotatable bonds is 3. The van der Waals surface area contributed by atoms with Crippen LogP contribution in [0, 0.1) is 0 Å². The van der Waals surface area contributed by atoms with Gasteiger partial charge in [0.25, 0.3) is 5.91 Å². The van der Waals surface area contributed by atoms with Gasteiger partial charge >= 0.3 is 0 Å². The van der Waals surface area contributed by atoms with Gasteiger partial charge in [0.1, 0.15) is 11.6 Å². The summed E-state index contributed by atoms with van der Waals surface area (Å²) in [7, 11) is 0. The van der Waals surface area contributed by atoms with Crippen molar-refractivity contribution >= 4 is 16.9 Å². The first kappa shape index (κ1) is 18.3. The number of phenolic OH excluding ortho intramolecular Hbond substituents is 1. The predicted molar refractivity (Wildman–Crippen MR) is 113 cm³/mol. The highest BCUT2D eigenvalue weighted by Crippen LogP contribution is 2.33. The minimum atomic E-state index is -0.0160. The second kappa shape index (κ2) is 7.61. The number of carbonyl (C=O) groups excluding carboxylic acids is 1. The molecular formula is C23H20N4O3. The Morgan fingerprint density at radius 1 is 1.07 bits per heavy atom. The van der Waals surface area contributed by atoms with Gasteiger partial charge in [-0.1, -0.05) is 12.1 Å². The molecule has 1 fully saturated rings. The Balaban J connectivity index is 1.50. The molecule has 2 N–H and O–H groups in total. The van der Waals surface area contributed by atoms with Crippen LogP contribution in [0.5, 0.6) is 5.75 Å². The van der Waals surface area contributed by atoms with Crippen molar-refractivity contribution in [1.82, 2.24) is 19.9 Å². The van der Waals surface area contributed by atoms with E-state index in [1.807, 2.05) is 36.4 Å². The van der Waals surface area contributed by atoms with E-state index in [0.29, 0.717) is 43.3 Å². The van der Waals surface area contributed by atoms with Crippen LogP contribution in [0.1, 0.15) is 10.4 Å². The van der Waals surface area contributed by atoms with E-state index in [1.165, 1.54) is 0 Å². The highest BCUT2D eigenvalue weighted by molar-refractivity contribution is 5.98. The molecule has 0 spiro atoms. The summed E-state index contributed by atoms with van der Waals surface area (Å²) in [5.41, 5.74) is 4.55. The molecular weight excluding hydrogens is 380 g/mol. The number of ether oxygens (including phenoxy) is 1. The lowest BCUT2D eigenvalue weighted by atomic mass is 10.0. The number of pyridine rings is 1. The first-order chi connectivity index (χ1) is 14.7. The summed E-state index contributed by atoms with van der Waals surface area (Å²) in [5, 5.41) is 10.4. The fourth-order valence-electron chi connectivity index (χ4n) is 3.66. The van der Waals surface area contributed by atoms with Crippen molar-refractivity contribution in [3.8, 4) is 28.3 Å². The number of morpholine rings is 1. The second-order valence-electron chi connectivity index (χ2n) is 7.20. The Morgan fingerprint density at radius 3 is 2.73 bits per heavy atom. The van der Waals surface area contributed by atoms with Gasteiger partial charge in [0.05, 0.1) is 29.8 Å². The van der Waals surface area contributed by atoms with E-state index in [2.05, 4.69) is 15.0 Å². The van der Waals surface area contributed by atoms with Gasteiger partial charge < -0.3 is 19.7 Å². The number of aromatic amines is 1. The molecule has 1 saturated heterocycles. The molecule has 3 heterocycles. The predicted octanol–water partition coefficient (Wildman–Crippen LogP) is 3.47. The van der Waals surface area contributed by atoms with E-state index in [4.69, 9.17) is 4.74 Å². The zero-order chi connectivity index (χ0) is 20.5. The Kier molecular flexibility index (Phi) is 4.65. The third-order valence-electron chi connectivity index (χ3n) is 5.27. The number of benzene rings is 2. The maximum atomic E-state index is 12.8. The molecule has 1 aliphatic heterocycles. The van der Waals surface area contributed by atoms with E-state index >= 15 is 0 Å². The van der Waals surface area contributed by atoms with Crippen LogP contribution in [-0.4, -0.2) is 57.2 Å². The van der Waals surface area contributed by atoms with Crippen LogP contribution in [0.2, 0.25) is 0 Å². The summed E-state index contributed by atoms with van der Waals surface area (Å²) in [5.74, 6) is 0.660. The zero-order valence-electron chi connectivity index (χ0n) is 16.2. The summed E-state index contributed by atoms with van der Waals surface area (Å²) in [6.07, 6.45) is 3.50. The molecule has 5 rings (SSSR count). The highest BCUT2D eigenvalue weighted by atomic mass is 16.5. The van der Waals surface area contributed by atoms with Crippen molar-refractivity contribution in [2.45, 2.75) is 0 Å². The lowest BCUT2D eigenvalue weighted by Crippen LogP contribution is -2.40. The van der Waals surface area contributed by atoms with E-state index in [-0.39, 0.29) is 11.7 Å². The molecule has 1 aliphatic rings. The molecule has 7 nitrogen and oxygen atoms in total. The maximum absolute atomic E-state index is 12.8. The van der Waals surface area contributed by atoms with Gasteiger partial charge in [-0.2, -0.15) is 0 Å². The standard InChI is InChI=1S/C23H20N4O3/c28-21-6-4-15(17-2-1-7-24-14-17)12-18(21)22-25-19-5-3-16(13-20(19)26-22)23(29)27-8-10-30-11-9-27/h1-7,12-14,28H,8-11H2,(H,25,26). The molecule has 2 aromatic carbocycles. The summed E-state index contributed by atoms with van der Waals surface area (Å²) in [4.78, 5) is 26.6. The van der Waals surface area contributed by atoms with Crippen LogP contribution < -0.4 is 0 Å². The molecule has 0 aliphatic carbocycles. The number of hydrogen-bond acceptors (Lipinski definition) is 5. The third kappa shape index (κ3) is 3.40. The minimum Gasteiger partial charge on any atom is -0.507 e. The number of nitrogens with one attached hydrogen (secondary N) is 1. The second-order valence-corrected chi connectivity index (χ2v) is 7.20. The number of hydrogen-bond donors (Lipinski definition) is 2. The van der Waals surface area contributed by atoms with Gasteiger partial charge in [0.15, 0.2) is 0 Å². The molecule has 0 unspecified atom stereocenters. The van der Waals surface area contributed by atoms with Crippen LogP contribution in [0.15, 0.2) is 60.9 Å². The van der Waals surface area contributed by atoms with Gasteiger partial charge in [-0.3, -0.25) is 9.78 Å². The van der Waals surface area contributed by atoms with Crippen LogP contribution >= 0.6 is 0 Å². The van der Waals surface area contributed by atoms with Crippen LogP contribution in [-0.2, 0) is 4.74 Å². The lowest BCUT2D eigenvalue weighted by molar-refractivity contribution is 0.0303. The van der Waals surface area contributed by atoms with Gasteiger partial charge in [-0.25, -0.2) is 4.98 Å². The first-order valence-corrected chi connectivity index (χ1v) is 9.79. The quantitative estimate of drug-likeness (QED) is 0.549. The van der Waals surface area contributed by atoms with Crippen molar-refractivity contribution < 1.29 is 14.6 Å². The molecule has 0 saturated carbocycles. The number of H-pyrrole nitrogens is 1. The van der Waals surface area contributed by atoms with E-state index in [9.17, 15) is 9.90 Å². The smallest absolute Gasteiger partial charge is 0.254 e. The number of imidazole rings is 1. The third-order valence-corrected chi connectivity index (χ3v) is 5.27. The van der Waals surface area contributed by atoms with Crippen molar-refractivity contribution in [1.29, 1.82) is 0 Å². The van der Waals surface area contributed by atoms with Gasteiger partial charge in [0.2, 0.25) is 0 Å². The zero-order valence-corrected chi connectivity index (χ0v) is 16.2. The number of nitrogens with zero attached hydrogens (tertiary/aromatic N) is 3. The molecule has 1 amide bonds. The molecule has 4 aromatic rings. The van der Waals surface area contributed by atoms with E-state index in [0.717, 1.165) is 22.2 Å². The Hall–Kier alpha value is -3.71. The summed E-state index contributed by atoms with van der Waals surface area (Å²) < 4.78 is 5.32. The Labute approximate surface area is 173 Å². The average molecular weight is 400 g/mol. The van der Waals surface area contributed by atoms with Crippen molar-refractivity contribution in [3.63, 3.8) is 0 Å². The molecule has 150 valence electrons. The Bertz CT molecular complexity index is 1210. The van der Waals surface area contributed by atoms with Crippen LogP contribution in [0.25, 0.3) is 33.5 Å². The van der Waals surface area contributed by atoms with E-state index < -0.39 is 0 Å². The van der Waals surface area contributed by atoms with Crippen molar-refractivity contribution in [2.75, 3.05) is 26.3 Å². The summed E-state index contributed by atoms with van der Waals surface area (Å²) in [6, 6.07) is 14.6. The van der Waals surface area contributed by atoms with Crippen molar-refractivity contribution in [2.24, 2.45) is 0 Å². The van der Waals surface area contributed by atoms with Gasteiger partial charge in [0, 0.05) is 36.6 Å². The number of phenols is 1. The average Bonchev–Trinajstić information content (AvgIpc) is 3.23. The largest absolute Gasteiger partial charge is 0.507 e. The normalized spacial score (nSPS) is 14.2. The molecule has 2 aromatic heterocycles. The molecule has 7 heteroatoms. The van der Waals surface area contributed by atoms with Gasteiger partial charge in [-0.05, 0) is 42.0 Å². The molecule has 0 atom stereocenters. The highest BCUT2D eigenvalue weighted by Gasteiger charge is 2.19. The fourth-order valence-corrected chi connectivity index (χ4v) is 3.66. The fraction of sp³-hybridized carbons (Fsp3) is 0.174. The summed E-state index contributed by atoms with van der Waals surface area (Å²) in [6.45, 7) is 2.32. The monoisotopic (exact) mass is 400 g/mol. The SMILES string of the molecule is O=C(c1ccc2nc(-c3cc(-c4cccnc4)ccc3O)[nH]c2c1)N1CCOCC1. The molecule has 0 radical (unpaired) electrons. The molecule has 0 bridgehead atoms. The number of aromatic hydroxyl groups is 1. The summed E-state index contributed by atoms with van der Waals surface area (Å²) >= 11 is 0. The number of fused-ring (bicyclic) bond motifs is 1. The maximum Gasteiger partial charge on any atom is 0.254 e. The lowest BCUT2D eigenvalue weighted by Gasteiger charge is -2.26. The van der Waals surface area contributed by atoms with Crippen LogP contribution in [0.3, 0.4) is 0 Å². The van der Waals surface area contributed by atoms with Crippen LogP contribution in [0.4, 0.5) is 0 Å². The number of aromatic nitrogens is 3. The minimum absolute atomic E-state index is 0.0160. The topological polar surface area (TPSA) is 91.3 Å².